The van der Waals surface area contributed by atoms with Gasteiger partial charge in [0.2, 0.25) is 10.0 Å². The van der Waals surface area contributed by atoms with Crippen LogP contribution in [0.5, 0.6) is 5.75 Å². The largest absolute Gasteiger partial charge is 0.464 e. The Morgan fingerprint density at radius 3 is 2.77 bits per heavy atom. The van der Waals surface area contributed by atoms with Gasteiger partial charge in [0.05, 0.1) is 24.9 Å². The standard InChI is InChI=1S/C21H23N3O5S2/c1-14-7-9-15(10-8-14)30-29-19-17-16(6-5-11-22-17)20(23-18(19)21(25)28-2)24-12-3-4-13-31(24,26)27/h5-7,9,11H,3-4,8,10,12-13H2,1-2H3. The van der Waals surface area contributed by atoms with E-state index in [4.69, 9.17) is 8.92 Å². The zero-order chi connectivity index (χ0) is 22.0. The van der Waals surface area contributed by atoms with E-state index in [0.717, 1.165) is 29.8 Å². The zero-order valence-electron chi connectivity index (χ0n) is 17.3. The molecular formula is C21H23N3O5S2. The number of hydrogen-bond donors (Lipinski definition) is 0. The predicted octanol–water partition coefficient (Wildman–Crippen LogP) is 4.00. The lowest BCUT2D eigenvalue weighted by Gasteiger charge is -2.28. The molecule has 0 spiro atoms. The fourth-order valence-corrected chi connectivity index (χ4v) is 5.77. The zero-order valence-corrected chi connectivity index (χ0v) is 19.0. The summed E-state index contributed by atoms with van der Waals surface area (Å²) in [7, 11) is -2.29. The molecule has 0 saturated carbocycles. The Morgan fingerprint density at radius 2 is 2.06 bits per heavy atom. The third-order valence-electron chi connectivity index (χ3n) is 5.21. The summed E-state index contributed by atoms with van der Waals surface area (Å²) in [6.07, 6.45) is 8.68. The number of esters is 1. The van der Waals surface area contributed by atoms with Gasteiger partial charge in [-0.2, -0.15) is 0 Å². The summed E-state index contributed by atoms with van der Waals surface area (Å²) < 4.78 is 37.6. The van der Waals surface area contributed by atoms with E-state index < -0.39 is 16.0 Å². The molecule has 2 aromatic rings. The number of carbonyl (C=O) groups is 1. The average Bonchev–Trinajstić information content (AvgIpc) is 2.77. The fraction of sp³-hybridized carbons (Fsp3) is 0.381. The molecule has 0 N–H and O–H groups in total. The first kappa shape index (κ1) is 21.6. The van der Waals surface area contributed by atoms with Gasteiger partial charge in [-0.05, 0) is 50.8 Å². The van der Waals surface area contributed by atoms with Crippen LogP contribution >= 0.6 is 12.0 Å². The van der Waals surface area contributed by atoms with Crippen molar-refractivity contribution >= 4 is 44.8 Å². The number of ether oxygens (including phenoxy) is 1. The van der Waals surface area contributed by atoms with E-state index >= 15 is 0 Å². The van der Waals surface area contributed by atoms with Crippen LogP contribution in [0.2, 0.25) is 0 Å². The molecule has 1 aliphatic carbocycles. The molecule has 0 unspecified atom stereocenters. The lowest BCUT2D eigenvalue weighted by Crippen LogP contribution is -2.38. The summed E-state index contributed by atoms with van der Waals surface area (Å²) in [5, 5.41) is 0.504. The van der Waals surface area contributed by atoms with Crippen molar-refractivity contribution in [3.05, 3.63) is 46.7 Å². The molecule has 2 aromatic heterocycles. The number of nitrogens with zero attached hydrogens (tertiary/aromatic N) is 3. The maximum absolute atomic E-state index is 12.7. The quantitative estimate of drug-likeness (QED) is 0.487. The van der Waals surface area contributed by atoms with Crippen molar-refractivity contribution < 1.29 is 22.1 Å². The minimum absolute atomic E-state index is 0.0409. The molecule has 4 rings (SSSR count). The van der Waals surface area contributed by atoms with E-state index in [1.165, 1.54) is 17.0 Å². The number of fused-ring (bicyclic) bond motifs is 1. The van der Waals surface area contributed by atoms with E-state index in [1.54, 1.807) is 18.3 Å². The first-order chi connectivity index (χ1) is 14.9. The van der Waals surface area contributed by atoms with E-state index in [9.17, 15) is 13.2 Å². The second-order valence-corrected chi connectivity index (χ2v) is 10.3. The van der Waals surface area contributed by atoms with E-state index in [1.807, 2.05) is 12.2 Å². The van der Waals surface area contributed by atoms with Crippen LogP contribution in [0.15, 0.2) is 41.0 Å². The molecule has 0 aromatic carbocycles. The summed E-state index contributed by atoms with van der Waals surface area (Å²) in [5.74, 6) is -0.333. The van der Waals surface area contributed by atoms with Crippen LogP contribution in [0.3, 0.4) is 0 Å². The Hall–Kier alpha value is -2.59. The van der Waals surface area contributed by atoms with Crippen molar-refractivity contribution in [3.63, 3.8) is 0 Å². The molecule has 0 amide bonds. The second kappa shape index (κ2) is 8.88. The van der Waals surface area contributed by atoms with Gasteiger partial charge in [-0.25, -0.2) is 18.2 Å². The molecule has 1 saturated heterocycles. The molecule has 164 valence electrons. The van der Waals surface area contributed by atoms with Crippen LogP contribution in [-0.4, -0.2) is 43.8 Å². The fourth-order valence-electron chi connectivity index (χ4n) is 3.51. The lowest BCUT2D eigenvalue weighted by molar-refractivity contribution is 0.0592. The molecule has 3 heterocycles. The van der Waals surface area contributed by atoms with Gasteiger partial charge in [0.1, 0.15) is 5.52 Å². The maximum atomic E-state index is 12.7. The van der Waals surface area contributed by atoms with Crippen molar-refractivity contribution in [2.75, 3.05) is 23.7 Å². The van der Waals surface area contributed by atoms with Gasteiger partial charge in [-0.1, -0.05) is 11.6 Å². The summed E-state index contributed by atoms with van der Waals surface area (Å²) >= 11 is 1.15. The predicted molar refractivity (Wildman–Crippen MR) is 121 cm³/mol. The number of anilines is 1. The first-order valence-corrected chi connectivity index (χ1v) is 12.3. The molecular weight excluding hydrogens is 438 g/mol. The number of allylic oxidation sites excluding steroid dienone is 4. The van der Waals surface area contributed by atoms with Crippen molar-refractivity contribution in [3.8, 4) is 5.75 Å². The van der Waals surface area contributed by atoms with Crippen molar-refractivity contribution in [2.45, 2.75) is 32.6 Å². The monoisotopic (exact) mass is 461 g/mol. The highest BCUT2D eigenvalue weighted by atomic mass is 32.2. The van der Waals surface area contributed by atoms with Crippen LogP contribution in [0, 0.1) is 0 Å². The Kier molecular flexibility index (Phi) is 6.19. The highest BCUT2D eigenvalue weighted by Crippen LogP contribution is 2.39. The molecule has 10 heteroatoms. The summed E-state index contributed by atoms with van der Waals surface area (Å²) in [5.41, 5.74) is 1.56. The minimum atomic E-state index is -3.54. The molecule has 2 aliphatic rings. The molecule has 1 fully saturated rings. The number of pyridine rings is 2. The normalized spacial score (nSPS) is 18.3. The van der Waals surface area contributed by atoms with Gasteiger partial charge in [0.25, 0.3) is 0 Å². The number of sulfonamides is 1. The van der Waals surface area contributed by atoms with E-state index in [-0.39, 0.29) is 23.0 Å². The van der Waals surface area contributed by atoms with Crippen molar-refractivity contribution in [2.24, 2.45) is 0 Å². The van der Waals surface area contributed by atoms with E-state index in [0.29, 0.717) is 30.3 Å². The van der Waals surface area contributed by atoms with E-state index in [2.05, 4.69) is 16.9 Å². The van der Waals surface area contributed by atoms with Crippen LogP contribution < -0.4 is 8.49 Å². The second-order valence-electron chi connectivity index (χ2n) is 7.41. The molecule has 0 bridgehead atoms. The smallest absolute Gasteiger partial charge is 0.360 e. The highest BCUT2D eigenvalue weighted by Gasteiger charge is 2.32. The van der Waals surface area contributed by atoms with Gasteiger partial charge in [0.15, 0.2) is 17.3 Å². The third kappa shape index (κ3) is 4.40. The van der Waals surface area contributed by atoms with Crippen LogP contribution in [0.1, 0.15) is 43.1 Å². The van der Waals surface area contributed by atoms with Gasteiger partial charge in [-0.3, -0.25) is 9.29 Å². The highest BCUT2D eigenvalue weighted by molar-refractivity contribution is 7.98. The van der Waals surface area contributed by atoms with Crippen LogP contribution in [-0.2, 0) is 14.8 Å². The Bertz CT molecular complexity index is 1190. The maximum Gasteiger partial charge on any atom is 0.360 e. The van der Waals surface area contributed by atoms with Gasteiger partial charge >= 0.3 is 5.97 Å². The van der Waals surface area contributed by atoms with Crippen molar-refractivity contribution in [1.29, 1.82) is 0 Å². The van der Waals surface area contributed by atoms with Gasteiger partial charge < -0.3 is 8.92 Å². The SMILES string of the molecule is COC(=O)c1nc(N2CCCCS2(=O)=O)c2cccnc2c1OSC1=CC=C(C)CC1. The number of carbonyl (C=O) groups excluding carboxylic acids is 1. The number of rotatable bonds is 5. The lowest BCUT2D eigenvalue weighted by atomic mass is 10.1. The summed E-state index contributed by atoms with van der Waals surface area (Å²) in [4.78, 5) is 22.4. The Morgan fingerprint density at radius 1 is 1.23 bits per heavy atom. The molecule has 31 heavy (non-hydrogen) atoms. The topological polar surface area (TPSA) is 98.7 Å². The molecule has 0 atom stereocenters. The Balaban J connectivity index is 1.83. The van der Waals surface area contributed by atoms with Gasteiger partial charge in [-0.15, -0.1) is 0 Å². The summed E-state index contributed by atoms with van der Waals surface area (Å²) in [6.45, 7) is 2.37. The van der Waals surface area contributed by atoms with Crippen LogP contribution in [0.4, 0.5) is 5.82 Å². The van der Waals surface area contributed by atoms with Gasteiger partial charge in [0, 0.05) is 23.0 Å². The molecule has 1 aliphatic heterocycles. The number of aromatic nitrogens is 2. The average molecular weight is 462 g/mol. The third-order valence-corrected chi connectivity index (χ3v) is 7.85. The number of methoxy groups -OCH3 is 1. The Labute approximate surface area is 185 Å². The first-order valence-electron chi connectivity index (χ1n) is 9.99. The summed E-state index contributed by atoms with van der Waals surface area (Å²) in [6, 6.07) is 3.44. The molecule has 0 radical (unpaired) electrons. The number of hydrogen-bond acceptors (Lipinski definition) is 8. The molecule has 8 nitrogen and oxygen atoms in total. The minimum Gasteiger partial charge on any atom is -0.464 e. The van der Waals surface area contributed by atoms with Crippen molar-refractivity contribution in [1.82, 2.24) is 9.97 Å². The van der Waals surface area contributed by atoms with Crippen LogP contribution in [0.25, 0.3) is 10.9 Å².